The summed E-state index contributed by atoms with van der Waals surface area (Å²) in [6.07, 6.45) is 1.50. The minimum absolute atomic E-state index is 0.0460. The van der Waals surface area contributed by atoms with Crippen LogP contribution in [0.2, 0.25) is 0 Å². The number of imide groups is 1. The van der Waals surface area contributed by atoms with E-state index in [1.54, 1.807) is 6.26 Å². The molecule has 1 fully saturated rings. The normalized spacial score (nSPS) is 20.3. The predicted octanol–water partition coefficient (Wildman–Crippen LogP) is 1.12. The van der Waals surface area contributed by atoms with Gasteiger partial charge in [-0.3, -0.25) is 24.6 Å². The molecule has 7 nitrogen and oxygen atoms in total. The highest BCUT2D eigenvalue weighted by Crippen LogP contribution is 2.41. The van der Waals surface area contributed by atoms with Crippen molar-refractivity contribution in [2.75, 3.05) is 16.8 Å². The first-order chi connectivity index (χ1) is 11.1. The number of rotatable bonds is 2. The summed E-state index contributed by atoms with van der Waals surface area (Å²) in [5, 5.41) is 5.26. The third kappa shape index (κ3) is 2.09. The van der Waals surface area contributed by atoms with E-state index in [1.165, 1.54) is 4.90 Å². The minimum atomic E-state index is -0.856. The lowest BCUT2D eigenvalue weighted by Crippen LogP contribution is -2.49. The fourth-order valence-corrected chi connectivity index (χ4v) is 2.95. The lowest BCUT2D eigenvalue weighted by molar-refractivity contribution is -0.126. The molecule has 116 valence electrons. The zero-order valence-corrected chi connectivity index (χ0v) is 12.0. The van der Waals surface area contributed by atoms with E-state index in [2.05, 4.69) is 10.6 Å². The highest BCUT2D eigenvalue weighted by atomic mass is 16.4. The highest BCUT2D eigenvalue weighted by Gasteiger charge is 2.43. The van der Waals surface area contributed by atoms with Gasteiger partial charge in [-0.1, -0.05) is 30.3 Å². The Balaban J connectivity index is 1.78. The molecule has 4 rings (SSSR count). The molecule has 2 aliphatic heterocycles. The van der Waals surface area contributed by atoms with Gasteiger partial charge in [-0.2, -0.15) is 0 Å². The number of carbonyl (C=O) groups excluding carboxylic acids is 3. The molecule has 0 radical (unpaired) electrons. The number of hydrogen-bond acceptors (Lipinski definition) is 5. The Bertz CT molecular complexity index is 812. The van der Waals surface area contributed by atoms with E-state index in [9.17, 15) is 14.4 Å². The minimum Gasteiger partial charge on any atom is -0.445 e. The molecule has 2 aromatic rings. The van der Waals surface area contributed by atoms with Crippen molar-refractivity contribution in [3.63, 3.8) is 0 Å². The SMILES string of the molecule is O=C1CC(N2C(=O)CNc3c(-c4ccccc4)coc32)C(=O)N1. The molecule has 1 atom stereocenters. The first-order valence-corrected chi connectivity index (χ1v) is 7.21. The molecule has 1 saturated heterocycles. The first kappa shape index (κ1) is 13.6. The van der Waals surface area contributed by atoms with Crippen molar-refractivity contribution in [2.45, 2.75) is 12.5 Å². The zero-order chi connectivity index (χ0) is 16.0. The predicted molar refractivity (Wildman–Crippen MR) is 81.7 cm³/mol. The van der Waals surface area contributed by atoms with Gasteiger partial charge in [0.25, 0.3) is 0 Å². The van der Waals surface area contributed by atoms with Gasteiger partial charge in [0, 0.05) is 5.56 Å². The standard InChI is InChI=1S/C16H13N3O4/c20-12-6-11(15(22)18-12)19-13(21)7-17-14-10(8-23-16(14)19)9-4-2-1-3-5-9/h1-5,8,11,17H,6-7H2,(H,18,20,22). The van der Waals surface area contributed by atoms with Crippen molar-refractivity contribution >= 4 is 29.3 Å². The lowest BCUT2D eigenvalue weighted by atomic mass is 10.1. The molecule has 1 aromatic heterocycles. The summed E-state index contributed by atoms with van der Waals surface area (Å²) >= 11 is 0. The Kier molecular flexibility index (Phi) is 2.94. The van der Waals surface area contributed by atoms with Crippen LogP contribution in [0.5, 0.6) is 0 Å². The number of fused-ring (bicyclic) bond motifs is 1. The van der Waals surface area contributed by atoms with E-state index < -0.39 is 11.9 Å². The van der Waals surface area contributed by atoms with Crippen LogP contribution in [0.15, 0.2) is 41.0 Å². The van der Waals surface area contributed by atoms with Crippen LogP contribution in [0.1, 0.15) is 6.42 Å². The van der Waals surface area contributed by atoms with Crippen LogP contribution in [0.25, 0.3) is 11.1 Å². The second-order valence-electron chi connectivity index (χ2n) is 5.45. The summed E-state index contributed by atoms with van der Waals surface area (Å²) < 4.78 is 5.57. The molecule has 3 amide bonds. The van der Waals surface area contributed by atoms with Gasteiger partial charge in [0.2, 0.25) is 23.6 Å². The molecule has 7 heteroatoms. The first-order valence-electron chi connectivity index (χ1n) is 7.21. The van der Waals surface area contributed by atoms with Crippen LogP contribution >= 0.6 is 0 Å². The van der Waals surface area contributed by atoms with Crippen molar-refractivity contribution < 1.29 is 18.8 Å². The highest BCUT2D eigenvalue weighted by molar-refractivity contribution is 6.14. The van der Waals surface area contributed by atoms with E-state index in [4.69, 9.17) is 4.42 Å². The molecule has 1 aromatic carbocycles. The Labute approximate surface area is 131 Å². The molecule has 0 saturated carbocycles. The van der Waals surface area contributed by atoms with E-state index in [0.29, 0.717) is 5.69 Å². The van der Waals surface area contributed by atoms with Crippen LogP contribution in [-0.4, -0.2) is 30.3 Å². The topological polar surface area (TPSA) is 91.7 Å². The average Bonchev–Trinajstić information content (AvgIpc) is 3.11. The lowest BCUT2D eigenvalue weighted by Gasteiger charge is -2.29. The second-order valence-corrected chi connectivity index (χ2v) is 5.45. The average molecular weight is 311 g/mol. The van der Waals surface area contributed by atoms with E-state index in [1.807, 2.05) is 30.3 Å². The van der Waals surface area contributed by atoms with Crippen LogP contribution in [0.3, 0.4) is 0 Å². The number of furan rings is 1. The largest absolute Gasteiger partial charge is 0.445 e. The van der Waals surface area contributed by atoms with Crippen LogP contribution in [0, 0.1) is 0 Å². The fraction of sp³-hybridized carbons (Fsp3) is 0.188. The van der Waals surface area contributed by atoms with Gasteiger partial charge in [-0.25, -0.2) is 0 Å². The maximum Gasteiger partial charge on any atom is 0.250 e. The Morgan fingerprint density at radius 1 is 1.13 bits per heavy atom. The number of hydrogen-bond donors (Lipinski definition) is 2. The number of anilines is 2. The summed E-state index contributed by atoms with van der Waals surface area (Å²) in [5.74, 6) is -0.896. The molecule has 0 spiro atoms. The Hall–Kier alpha value is -3.09. The molecule has 2 N–H and O–H groups in total. The van der Waals surface area contributed by atoms with Crippen molar-refractivity contribution in [1.29, 1.82) is 0 Å². The molecule has 23 heavy (non-hydrogen) atoms. The van der Waals surface area contributed by atoms with E-state index in [0.717, 1.165) is 11.1 Å². The van der Waals surface area contributed by atoms with Gasteiger partial charge in [0.05, 0.1) is 13.0 Å². The molecule has 3 heterocycles. The number of nitrogens with one attached hydrogen (secondary N) is 2. The van der Waals surface area contributed by atoms with Crippen LogP contribution in [-0.2, 0) is 14.4 Å². The van der Waals surface area contributed by atoms with Gasteiger partial charge in [-0.15, -0.1) is 0 Å². The molecular formula is C16H13N3O4. The Morgan fingerprint density at radius 3 is 2.61 bits per heavy atom. The summed E-state index contributed by atoms with van der Waals surface area (Å²) in [7, 11) is 0. The van der Waals surface area contributed by atoms with Crippen LogP contribution in [0.4, 0.5) is 11.6 Å². The van der Waals surface area contributed by atoms with E-state index >= 15 is 0 Å². The van der Waals surface area contributed by atoms with E-state index in [-0.39, 0.29) is 30.7 Å². The van der Waals surface area contributed by atoms with Gasteiger partial charge in [-0.05, 0) is 5.56 Å². The maximum absolute atomic E-state index is 12.3. The second kappa shape index (κ2) is 4.98. The molecule has 0 bridgehead atoms. The van der Waals surface area contributed by atoms with Gasteiger partial charge in [0.1, 0.15) is 18.0 Å². The third-order valence-electron chi connectivity index (χ3n) is 4.02. The summed E-state index contributed by atoms with van der Waals surface area (Å²) in [6.45, 7) is 0.0460. The fourth-order valence-electron chi connectivity index (χ4n) is 2.95. The maximum atomic E-state index is 12.3. The van der Waals surface area contributed by atoms with Crippen molar-refractivity contribution in [2.24, 2.45) is 0 Å². The Morgan fingerprint density at radius 2 is 1.91 bits per heavy atom. The number of amides is 3. The smallest absolute Gasteiger partial charge is 0.250 e. The summed E-state index contributed by atoms with van der Waals surface area (Å²) in [6, 6.07) is 8.73. The van der Waals surface area contributed by atoms with Gasteiger partial charge in [0.15, 0.2) is 0 Å². The summed E-state index contributed by atoms with van der Waals surface area (Å²) in [5.41, 5.74) is 2.40. The van der Waals surface area contributed by atoms with Crippen LogP contribution < -0.4 is 15.5 Å². The number of benzene rings is 1. The number of carbonyl (C=O) groups is 3. The summed E-state index contributed by atoms with van der Waals surface area (Å²) in [4.78, 5) is 36.9. The van der Waals surface area contributed by atoms with Crippen molar-refractivity contribution in [3.8, 4) is 11.1 Å². The van der Waals surface area contributed by atoms with Gasteiger partial charge < -0.3 is 9.73 Å². The van der Waals surface area contributed by atoms with Crippen molar-refractivity contribution in [3.05, 3.63) is 36.6 Å². The molecule has 0 aliphatic carbocycles. The zero-order valence-electron chi connectivity index (χ0n) is 12.0. The quantitative estimate of drug-likeness (QED) is 0.811. The molecular weight excluding hydrogens is 298 g/mol. The van der Waals surface area contributed by atoms with Crippen molar-refractivity contribution in [1.82, 2.24) is 5.32 Å². The third-order valence-corrected chi connectivity index (χ3v) is 4.02. The monoisotopic (exact) mass is 311 g/mol. The molecule has 1 unspecified atom stereocenters. The number of nitrogens with zero attached hydrogens (tertiary/aromatic N) is 1. The van der Waals surface area contributed by atoms with Gasteiger partial charge >= 0.3 is 0 Å². The molecule has 2 aliphatic rings.